The molecule has 0 radical (unpaired) electrons. The maximum Gasteiger partial charge on any atom is 0.338 e. The first-order valence-electron chi connectivity index (χ1n) is 6.37. The normalized spacial score (nSPS) is 23.6. The highest BCUT2D eigenvalue weighted by atomic mass is 32.1. The Hall–Kier alpha value is -0.610. The fourth-order valence-corrected chi connectivity index (χ4v) is 5.29. The van der Waals surface area contributed by atoms with Crippen LogP contribution >= 0.6 is 18.9 Å². The van der Waals surface area contributed by atoms with Gasteiger partial charge in [-0.3, -0.25) is 4.57 Å². The number of hydrogen-bond donors (Lipinski definition) is 0. The van der Waals surface area contributed by atoms with Gasteiger partial charge in [-0.05, 0) is 25.3 Å². The van der Waals surface area contributed by atoms with E-state index < -0.39 is 7.60 Å². The summed E-state index contributed by atoms with van der Waals surface area (Å²) in [5, 5.41) is 1.98. The molecule has 1 saturated heterocycles. The van der Waals surface area contributed by atoms with Gasteiger partial charge in [0.15, 0.2) is 0 Å². The largest absolute Gasteiger partial charge is 0.489 e. The minimum absolute atomic E-state index is 0.281. The number of hydrogen-bond acceptors (Lipinski definition) is 5. The van der Waals surface area contributed by atoms with Crippen LogP contribution in [0.15, 0.2) is 29.9 Å². The topological polar surface area (TPSA) is 44.8 Å². The van der Waals surface area contributed by atoms with E-state index in [9.17, 15) is 4.57 Å². The zero-order valence-electron chi connectivity index (χ0n) is 11.2. The van der Waals surface area contributed by atoms with Crippen LogP contribution in [0.3, 0.4) is 0 Å². The zero-order valence-corrected chi connectivity index (χ0v) is 12.9. The Morgan fingerprint density at radius 1 is 1.47 bits per heavy atom. The van der Waals surface area contributed by atoms with Gasteiger partial charge in [0.25, 0.3) is 0 Å². The third kappa shape index (κ3) is 3.11. The Labute approximate surface area is 117 Å². The van der Waals surface area contributed by atoms with Crippen molar-refractivity contribution in [2.75, 3.05) is 13.2 Å². The molecule has 2 rings (SSSR count). The highest BCUT2D eigenvalue weighted by Crippen LogP contribution is 2.62. The highest BCUT2D eigenvalue weighted by molar-refractivity contribution is 7.54. The molecule has 2 heterocycles. The van der Waals surface area contributed by atoms with E-state index in [-0.39, 0.29) is 11.8 Å². The molecular weight excluding hydrogens is 283 g/mol. The average Bonchev–Trinajstić information content (AvgIpc) is 2.98. The Morgan fingerprint density at radius 3 is 2.68 bits per heavy atom. The average molecular weight is 302 g/mol. The molecule has 1 aliphatic heterocycles. The number of thiophene rings is 1. The van der Waals surface area contributed by atoms with Crippen LogP contribution in [0.25, 0.3) is 0 Å². The fourth-order valence-electron chi connectivity index (χ4n) is 2.21. The lowest BCUT2D eigenvalue weighted by atomic mass is 10.2. The summed E-state index contributed by atoms with van der Waals surface area (Å²) in [6.45, 7) is 8.20. The summed E-state index contributed by atoms with van der Waals surface area (Å²) in [7, 11) is -3.18. The van der Waals surface area contributed by atoms with Gasteiger partial charge in [0.1, 0.15) is 11.8 Å². The van der Waals surface area contributed by atoms with Crippen molar-refractivity contribution < 1.29 is 18.3 Å². The second kappa shape index (κ2) is 6.23. The maximum atomic E-state index is 12.9. The van der Waals surface area contributed by atoms with Crippen LogP contribution < -0.4 is 0 Å². The lowest BCUT2D eigenvalue weighted by molar-refractivity contribution is 0.150. The van der Waals surface area contributed by atoms with Crippen molar-refractivity contribution in [2.24, 2.45) is 0 Å². The van der Waals surface area contributed by atoms with Crippen molar-refractivity contribution >= 4 is 18.9 Å². The van der Waals surface area contributed by atoms with Gasteiger partial charge in [-0.25, -0.2) is 0 Å². The minimum Gasteiger partial charge on any atom is -0.489 e. The van der Waals surface area contributed by atoms with Crippen LogP contribution in [0.1, 0.15) is 31.2 Å². The molecule has 19 heavy (non-hydrogen) atoms. The van der Waals surface area contributed by atoms with Gasteiger partial charge in [-0.15, -0.1) is 11.3 Å². The van der Waals surface area contributed by atoms with Gasteiger partial charge in [-0.1, -0.05) is 12.6 Å². The van der Waals surface area contributed by atoms with E-state index >= 15 is 0 Å². The summed E-state index contributed by atoms with van der Waals surface area (Å²) in [6.07, 6.45) is 0.233. The van der Waals surface area contributed by atoms with Gasteiger partial charge in [0.05, 0.1) is 19.0 Å². The molecule has 6 heteroatoms. The molecule has 0 aromatic carbocycles. The quantitative estimate of drug-likeness (QED) is 0.732. The van der Waals surface area contributed by atoms with Crippen molar-refractivity contribution in [3.63, 3.8) is 0 Å². The second-order valence-electron chi connectivity index (χ2n) is 4.24. The molecule has 4 nitrogen and oxygen atoms in total. The Kier molecular flexibility index (Phi) is 4.85. The smallest absolute Gasteiger partial charge is 0.338 e. The van der Waals surface area contributed by atoms with E-state index in [2.05, 4.69) is 6.58 Å². The van der Waals surface area contributed by atoms with Crippen LogP contribution in [-0.4, -0.2) is 18.9 Å². The van der Waals surface area contributed by atoms with Crippen LogP contribution in [0.5, 0.6) is 0 Å². The molecule has 0 amide bonds. The van der Waals surface area contributed by atoms with E-state index in [4.69, 9.17) is 13.8 Å². The first kappa shape index (κ1) is 14.8. The number of allylic oxidation sites excluding steroid dienone is 1. The predicted octanol–water partition coefficient (Wildman–Crippen LogP) is 4.36. The Morgan fingerprint density at radius 2 is 2.16 bits per heavy atom. The summed E-state index contributed by atoms with van der Waals surface area (Å²) in [5.41, 5.74) is -0.307. The minimum atomic E-state index is -3.18. The molecule has 1 aromatic rings. The van der Waals surface area contributed by atoms with Gasteiger partial charge < -0.3 is 13.8 Å². The standard InChI is InChI=1S/C13H19O4PS/c1-4-15-18(14,16-5-2)11-9-10(3)17-13(11)12-7-6-8-19-12/h6-8,11,13H,3-5,9H2,1-2H3. The Bertz CT molecular complexity index is 461. The van der Waals surface area contributed by atoms with Gasteiger partial charge >= 0.3 is 7.60 Å². The second-order valence-corrected chi connectivity index (χ2v) is 7.48. The lowest BCUT2D eigenvalue weighted by Crippen LogP contribution is -2.17. The van der Waals surface area contributed by atoms with Crippen molar-refractivity contribution in [1.82, 2.24) is 0 Å². The third-order valence-electron chi connectivity index (χ3n) is 2.93. The molecule has 2 atom stereocenters. The fraction of sp³-hybridized carbons (Fsp3) is 0.538. The molecule has 1 fully saturated rings. The molecule has 0 saturated carbocycles. The number of ether oxygens (including phenoxy) is 1. The van der Waals surface area contributed by atoms with E-state index in [0.29, 0.717) is 25.4 Å². The van der Waals surface area contributed by atoms with E-state index in [0.717, 1.165) is 4.88 Å². The van der Waals surface area contributed by atoms with Crippen molar-refractivity contribution in [3.05, 3.63) is 34.7 Å². The van der Waals surface area contributed by atoms with Gasteiger partial charge in [0, 0.05) is 11.3 Å². The molecular formula is C13H19O4PS. The van der Waals surface area contributed by atoms with Gasteiger partial charge in [-0.2, -0.15) is 0 Å². The zero-order chi connectivity index (χ0) is 13.9. The first-order chi connectivity index (χ1) is 9.10. The Balaban J connectivity index is 2.29. The lowest BCUT2D eigenvalue weighted by Gasteiger charge is -2.25. The summed E-state index contributed by atoms with van der Waals surface area (Å²) in [4.78, 5) is 1.03. The molecule has 0 aliphatic carbocycles. The van der Waals surface area contributed by atoms with Crippen LogP contribution in [-0.2, 0) is 18.3 Å². The summed E-state index contributed by atoms with van der Waals surface area (Å²) >= 11 is 1.58. The van der Waals surface area contributed by atoms with Crippen LogP contribution in [0.4, 0.5) is 0 Å². The van der Waals surface area contributed by atoms with Crippen molar-refractivity contribution in [1.29, 1.82) is 0 Å². The molecule has 0 N–H and O–H groups in total. The first-order valence-corrected chi connectivity index (χ1v) is 8.86. The van der Waals surface area contributed by atoms with E-state index in [1.165, 1.54) is 0 Å². The maximum absolute atomic E-state index is 12.9. The molecule has 1 aromatic heterocycles. The van der Waals surface area contributed by atoms with E-state index in [1.54, 1.807) is 11.3 Å². The molecule has 2 unspecified atom stereocenters. The summed E-state index contributed by atoms with van der Waals surface area (Å²) in [5.74, 6) is 0.642. The van der Waals surface area contributed by atoms with Crippen LogP contribution in [0, 0.1) is 0 Å². The highest BCUT2D eigenvalue weighted by Gasteiger charge is 2.47. The van der Waals surface area contributed by atoms with Gasteiger partial charge in [0.2, 0.25) is 0 Å². The predicted molar refractivity (Wildman–Crippen MR) is 76.5 cm³/mol. The van der Waals surface area contributed by atoms with Crippen molar-refractivity contribution in [2.45, 2.75) is 32.0 Å². The van der Waals surface area contributed by atoms with E-state index in [1.807, 2.05) is 31.4 Å². The van der Waals surface area contributed by atoms with Crippen LogP contribution in [0.2, 0.25) is 0 Å². The molecule has 106 valence electrons. The molecule has 0 bridgehead atoms. The molecule has 1 aliphatic rings. The number of rotatable bonds is 6. The van der Waals surface area contributed by atoms with Crippen molar-refractivity contribution in [3.8, 4) is 0 Å². The SMILES string of the molecule is C=C1CC(P(=O)(OCC)OCC)C(c2cccs2)O1. The summed E-state index contributed by atoms with van der Waals surface area (Å²) < 4.78 is 29.5. The third-order valence-corrected chi connectivity index (χ3v) is 6.36. The monoisotopic (exact) mass is 302 g/mol. The summed E-state index contributed by atoms with van der Waals surface area (Å²) in [6, 6.07) is 3.93. The molecule has 0 spiro atoms.